The van der Waals surface area contributed by atoms with Crippen molar-refractivity contribution in [2.45, 2.75) is 33.0 Å². The zero-order chi connectivity index (χ0) is 12.5. The molecule has 0 atom stereocenters. The van der Waals surface area contributed by atoms with Crippen LogP contribution in [0.2, 0.25) is 0 Å². The van der Waals surface area contributed by atoms with Gasteiger partial charge in [-0.05, 0) is 17.2 Å². The predicted molar refractivity (Wildman–Crippen MR) is 69.7 cm³/mol. The van der Waals surface area contributed by atoms with Gasteiger partial charge in [0, 0.05) is 25.2 Å². The van der Waals surface area contributed by atoms with E-state index < -0.39 is 0 Å². The van der Waals surface area contributed by atoms with Crippen molar-refractivity contribution in [3.05, 3.63) is 47.2 Å². The van der Waals surface area contributed by atoms with Crippen LogP contribution in [0.25, 0.3) is 0 Å². The van der Waals surface area contributed by atoms with Crippen LogP contribution >= 0.6 is 0 Å². The average Bonchev–Trinajstić information content (AvgIpc) is 2.96. The summed E-state index contributed by atoms with van der Waals surface area (Å²) < 4.78 is 5.64. The summed E-state index contributed by atoms with van der Waals surface area (Å²) in [6.45, 7) is 4.61. The van der Waals surface area contributed by atoms with Gasteiger partial charge in [-0.15, -0.1) is 0 Å². The second-order valence-electron chi connectivity index (χ2n) is 4.70. The molecule has 2 N–H and O–H groups in total. The second-order valence-corrected chi connectivity index (χ2v) is 4.70. The molecule has 0 spiro atoms. The van der Waals surface area contributed by atoms with Crippen LogP contribution in [0, 0.1) is 0 Å². The molecule has 0 saturated heterocycles. The zero-order valence-corrected chi connectivity index (χ0v) is 10.5. The van der Waals surface area contributed by atoms with Gasteiger partial charge in [0.2, 0.25) is 5.89 Å². The minimum Gasteiger partial charge on any atom is -0.444 e. The number of nitrogens with zero attached hydrogens (tertiary/aromatic N) is 2. The molecule has 4 nitrogen and oxygen atoms in total. The SMILES string of the molecule is CCc1cnc(CN2Cc3cccc(N)c3C2)o1. The Morgan fingerprint density at radius 3 is 3.00 bits per heavy atom. The number of rotatable bonds is 3. The largest absolute Gasteiger partial charge is 0.444 e. The van der Waals surface area contributed by atoms with E-state index >= 15 is 0 Å². The molecule has 1 aromatic heterocycles. The Morgan fingerprint density at radius 1 is 1.39 bits per heavy atom. The summed E-state index contributed by atoms with van der Waals surface area (Å²) in [5.74, 6) is 1.74. The van der Waals surface area contributed by atoms with Gasteiger partial charge in [0.25, 0.3) is 0 Å². The number of nitrogen functional groups attached to an aromatic ring is 1. The molecular weight excluding hydrogens is 226 g/mol. The quantitative estimate of drug-likeness (QED) is 0.841. The van der Waals surface area contributed by atoms with Crippen molar-refractivity contribution in [1.29, 1.82) is 0 Å². The highest BCUT2D eigenvalue weighted by molar-refractivity contribution is 5.52. The van der Waals surface area contributed by atoms with E-state index in [2.05, 4.69) is 22.9 Å². The summed E-state index contributed by atoms with van der Waals surface area (Å²) in [4.78, 5) is 6.59. The number of anilines is 1. The number of aromatic nitrogens is 1. The number of nitrogens with two attached hydrogens (primary N) is 1. The van der Waals surface area contributed by atoms with Crippen LogP contribution in [0.4, 0.5) is 5.69 Å². The smallest absolute Gasteiger partial charge is 0.208 e. The number of oxazole rings is 1. The van der Waals surface area contributed by atoms with Gasteiger partial charge in [0.15, 0.2) is 0 Å². The fourth-order valence-corrected chi connectivity index (χ4v) is 2.40. The molecule has 2 aromatic rings. The van der Waals surface area contributed by atoms with E-state index in [-0.39, 0.29) is 0 Å². The molecule has 0 radical (unpaired) electrons. The molecule has 0 amide bonds. The fourth-order valence-electron chi connectivity index (χ4n) is 2.40. The highest BCUT2D eigenvalue weighted by atomic mass is 16.4. The average molecular weight is 243 g/mol. The van der Waals surface area contributed by atoms with Crippen molar-refractivity contribution in [3.8, 4) is 0 Å². The number of hydrogen-bond acceptors (Lipinski definition) is 4. The van der Waals surface area contributed by atoms with E-state index in [1.54, 1.807) is 0 Å². The third-order valence-corrected chi connectivity index (χ3v) is 3.39. The summed E-state index contributed by atoms with van der Waals surface area (Å²) in [7, 11) is 0. The van der Waals surface area contributed by atoms with E-state index in [0.717, 1.165) is 43.4 Å². The van der Waals surface area contributed by atoms with Crippen molar-refractivity contribution in [1.82, 2.24) is 9.88 Å². The van der Waals surface area contributed by atoms with Gasteiger partial charge < -0.3 is 10.2 Å². The van der Waals surface area contributed by atoms with E-state index in [4.69, 9.17) is 10.2 Å². The Kier molecular flexibility index (Phi) is 2.80. The lowest BCUT2D eigenvalue weighted by Crippen LogP contribution is -2.15. The molecule has 0 bridgehead atoms. The topological polar surface area (TPSA) is 55.3 Å². The van der Waals surface area contributed by atoms with Gasteiger partial charge >= 0.3 is 0 Å². The Labute approximate surface area is 106 Å². The standard InChI is InChI=1S/C14H17N3O/c1-2-11-6-16-14(18-11)9-17-7-10-4-3-5-13(15)12(10)8-17/h3-6H,2,7-9,15H2,1H3. The highest BCUT2D eigenvalue weighted by Crippen LogP contribution is 2.28. The van der Waals surface area contributed by atoms with E-state index in [0.29, 0.717) is 0 Å². The number of aryl methyl sites for hydroxylation is 1. The first-order valence-electron chi connectivity index (χ1n) is 6.28. The van der Waals surface area contributed by atoms with Gasteiger partial charge in [0.1, 0.15) is 5.76 Å². The molecule has 0 saturated carbocycles. The van der Waals surface area contributed by atoms with Gasteiger partial charge in [-0.25, -0.2) is 4.98 Å². The lowest BCUT2D eigenvalue weighted by atomic mass is 10.1. The van der Waals surface area contributed by atoms with Crippen molar-refractivity contribution < 1.29 is 4.42 Å². The Bertz CT molecular complexity index is 562. The van der Waals surface area contributed by atoms with E-state index in [9.17, 15) is 0 Å². The summed E-state index contributed by atoms with van der Waals surface area (Å²) in [5.41, 5.74) is 9.44. The van der Waals surface area contributed by atoms with Crippen molar-refractivity contribution >= 4 is 5.69 Å². The number of benzene rings is 1. The lowest BCUT2D eigenvalue weighted by molar-refractivity contribution is 0.243. The Balaban J connectivity index is 1.72. The maximum absolute atomic E-state index is 5.99. The van der Waals surface area contributed by atoms with Crippen LogP contribution in [-0.2, 0) is 26.1 Å². The van der Waals surface area contributed by atoms with Gasteiger partial charge in [-0.3, -0.25) is 4.90 Å². The normalized spacial score (nSPS) is 14.9. The monoisotopic (exact) mass is 243 g/mol. The molecule has 18 heavy (non-hydrogen) atoms. The molecule has 4 heteroatoms. The fraction of sp³-hybridized carbons (Fsp3) is 0.357. The van der Waals surface area contributed by atoms with Crippen molar-refractivity contribution in [2.24, 2.45) is 0 Å². The maximum Gasteiger partial charge on any atom is 0.208 e. The molecule has 2 heterocycles. The molecule has 1 aliphatic rings. The first kappa shape index (κ1) is 11.3. The third kappa shape index (κ3) is 1.99. The van der Waals surface area contributed by atoms with Gasteiger partial charge in [-0.2, -0.15) is 0 Å². The molecule has 1 aromatic carbocycles. The highest BCUT2D eigenvalue weighted by Gasteiger charge is 2.21. The first-order chi connectivity index (χ1) is 8.76. The molecule has 0 unspecified atom stereocenters. The summed E-state index contributed by atoms with van der Waals surface area (Å²) >= 11 is 0. The molecular formula is C14H17N3O. The van der Waals surface area contributed by atoms with Crippen molar-refractivity contribution in [3.63, 3.8) is 0 Å². The Morgan fingerprint density at radius 2 is 2.28 bits per heavy atom. The molecule has 0 fully saturated rings. The lowest BCUT2D eigenvalue weighted by Gasteiger charge is -2.11. The van der Waals surface area contributed by atoms with Crippen LogP contribution in [0.15, 0.2) is 28.8 Å². The van der Waals surface area contributed by atoms with Crippen LogP contribution in [0.3, 0.4) is 0 Å². The summed E-state index contributed by atoms with van der Waals surface area (Å²) in [6, 6.07) is 6.11. The maximum atomic E-state index is 5.99. The van der Waals surface area contributed by atoms with Crippen LogP contribution < -0.4 is 5.73 Å². The van der Waals surface area contributed by atoms with Gasteiger partial charge in [0.05, 0.1) is 12.7 Å². The summed E-state index contributed by atoms with van der Waals surface area (Å²) in [6.07, 6.45) is 2.70. The van der Waals surface area contributed by atoms with Crippen molar-refractivity contribution in [2.75, 3.05) is 5.73 Å². The minimum atomic E-state index is 0.744. The van der Waals surface area contributed by atoms with Crippen LogP contribution in [0.5, 0.6) is 0 Å². The minimum absolute atomic E-state index is 0.744. The zero-order valence-electron chi connectivity index (χ0n) is 10.5. The van der Waals surface area contributed by atoms with Crippen LogP contribution in [-0.4, -0.2) is 9.88 Å². The van der Waals surface area contributed by atoms with Gasteiger partial charge in [-0.1, -0.05) is 19.1 Å². The third-order valence-electron chi connectivity index (χ3n) is 3.39. The predicted octanol–water partition coefficient (Wildman–Crippen LogP) is 2.33. The summed E-state index contributed by atoms with van der Waals surface area (Å²) in [5, 5.41) is 0. The number of hydrogen-bond donors (Lipinski definition) is 1. The second kappa shape index (κ2) is 4.46. The van der Waals surface area contributed by atoms with E-state index in [1.807, 2.05) is 18.3 Å². The molecule has 94 valence electrons. The molecule has 0 aliphatic carbocycles. The van der Waals surface area contributed by atoms with Crippen LogP contribution in [0.1, 0.15) is 29.7 Å². The molecule has 1 aliphatic heterocycles. The molecule has 3 rings (SSSR count). The Hall–Kier alpha value is -1.81. The first-order valence-corrected chi connectivity index (χ1v) is 6.28. The van der Waals surface area contributed by atoms with E-state index in [1.165, 1.54) is 11.1 Å². The number of fused-ring (bicyclic) bond motifs is 1.